The Balaban J connectivity index is 2.06. The summed E-state index contributed by atoms with van der Waals surface area (Å²) in [6.45, 7) is 3.98. The second-order valence-corrected chi connectivity index (χ2v) is 4.52. The molecule has 92 valence electrons. The average Bonchev–Trinajstić information content (AvgIpc) is 2.94. The number of nitrogens with zero attached hydrogens (tertiary/aromatic N) is 2. The van der Waals surface area contributed by atoms with Crippen LogP contribution in [0.2, 0.25) is 0 Å². The van der Waals surface area contributed by atoms with Crippen LogP contribution < -0.4 is 5.73 Å². The van der Waals surface area contributed by atoms with Crippen LogP contribution in [0, 0.1) is 6.92 Å². The molecule has 4 heteroatoms. The summed E-state index contributed by atoms with van der Waals surface area (Å²) in [4.78, 5) is 0. The highest BCUT2D eigenvalue weighted by Crippen LogP contribution is 2.27. The number of nitrogens with two attached hydrogens (primary N) is 1. The second kappa shape index (κ2) is 3.91. The smallest absolute Gasteiger partial charge is 0.134 e. The van der Waals surface area contributed by atoms with E-state index in [-0.39, 0.29) is 6.04 Å². The summed E-state index contributed by atoms with van der Waals surface area (Å²) in [6, 6.07) is 9.99. The lowest BCUT2D eigenvalue weighted by Gasteiger charge is -2.11. The van der Waals surface area contributed by atoms with Crippen LogP contribution in [-0.4, -0.2) is 9.78 Å². The first kappa shape index (κ1) is 10.9. The van der Waals surface area contributed by atoms with Crippen molar-refractivity contribution in [2.45, 2.75) is 19.9 Å². The zero-order chi connectivity index (χ0) is 12.7. The number of fused-ring (bicyclic) bond motifs is 1. The summed E-state index contributed by atoms with van der Waals surface area (Å²) in [5.41, 5.74) is 7.87. The Bertz CT molecular complexity index is 663. The molecule has 0 aliphatic rings. The number of aromatic nitrogens is 2. The number of anilines is 1. The molecule has 0 aliphatic heterocycles. The number of aryl methyl sites for hydroxylation is 1. The van der Waals surface area contributed by atoms with Crippen LogP contribution in [0.5, 0.6) is 0 Å². The van der Waals surface area contributed by atoms with E-state index in [4.69, 9.17) is 10.2 Å². The van der Waals surface area contributed by atoms with E-state index in [0.717, 1.165) is 22.3 Å². The highest BCUT2D eigenvalue weighted by atomic mass is 16.3. The van der Waals surface area contributed by atoms with Crippen LogP contribution in [0.4, 0.5) is 5.82 Å². The molecule has 3 aromatic rings. The molecule has 0 bridgehead atoms. The molecule has 0 spiro atoms. The molecule has 0 radical (unpaired) electrons. The van der Waals surface area contributed by atoms with Crippen molar-refractivity contribution >= 4 is 16.8 Å². The number of furan rings is 1. The fraction of sp³-hybridized carbons (Fsp3) is 0.214. The van der Waals surface area contributed by atoms with Gasteiger partial charge in [-0.15, -0.1) is 0 Å². The van der Waals surface area contributed by atoms with Gasteiger partial charge >= 0.3 is 0 Å². The molecule has 2 aromatic heterocycles. The van der Waals surface area contributed by atoms with Gasteiger partial charge in [-0.1, -0.05) is 18.2 Å². The van der Waals surface area contributed by atoms with Gasteiger partial charge in [0.25, 0.3) is 0 Å². The Morgan fingerprint density at radius 3 is 2.78 bits per heavy atom. The number of rotatable bonds is 2. The van der Waals surface area contributed by atoms with Crippen molar-refractivity contribution in [1.82, 2.24) is 9.78 Å². The average molecular weight is 241 g/mol. The SMILES string of the molecule is Cc1cnn(C(C)c2cc3ccccc3o2)c1N. The lowest BCUT2D eigenvalue weighted by Crippen LogP contribution is -2.10. The zero-order valence-corrected chi connectivity index (χ0v) is 10.4. The summed E-state index contributed by atoms with van der Waals surface area (Å²) in [6.07, 6.45) is 1.77. The topological polar surface area (TPSA) is 57.0 Å². The van der Waals surface area contributed by atoms with Gasteiger partial charge < -0.3 is 10.2 Å². The summed E-state index contributed by atoms with van der Waals surface area (Å²) in [7, 11) is 0. The molecule has 0 saturated heterocycles. The Hall–Kier alpha value is -2.23. The Labute approximate surface area is 105 Å². The highest BCUT2D eigenvalue weighted by molar-refractivity contribution is 5.77. The molecule has 1 aromatic carbocycles. The third kappa shape index (κ3) is 1.57. The Morgan fingerprint density at radius 1 is 1.33 bits per heavy atom. The van der Waals surface area contributed by atoms with E-state index in [0.29, 0.717) is 5.82 Å². The molecule has 18 heavy (non-hydrogen) atoms. The van der Waals surface area contributed by atoms with Crippen molar-refractivity contribution < 1.29 is 4.42 Å². The molecule has 0 fully saturated rings. The molecular weight excluding hydrogens is 226 g/mol. The highest BCUT2D eigenvalue weighted by Gasteiger charge is 2.16. The van der Waals surface area contributed by atoms with E-state index in [1.807, 2.05) is 44.2 Å². The molecule has 1 unspecified atom stereocenters. The van der Waals surface area contributed by atoms with Gasteiger partial charge in [0, 0.05) is 10.9 Å². The van der Waals surface area contributed by atoms with E-state index in [9.17, 15) is 0 Å². The molecule has 0 amide bonds. The van der Waals surface area contributed by atoms with E-state index in [1.54, 1.807) is 10.9 Å². The summed E-state index contributed by atoms with van der Waals surface area (Å²) < 4.78 is 7.62. The first-order chi connectivity index (χ1) is 8.66. The first-order valence-corrected chi connectivity index (χ1v) is 5.95. The molecule has 1 atom stereocenters. The third-order valence-electron chi connectivity index (χ3n) is 3.25. The van der Waals surface area contributed by atoms with E-state index in [2.05, 4.69) is 5.10 Å². The van der Waals surface area contributed by atoms with Crippen molar-refractivity contribution in [3.8, 4) is 0 Å². The van der Waals surface area contributed by atoms with Crippen LogP contribution in [-0.2, 0) is 0 Å². The van der Waals surface area contributed by atoms with Gasteiger partial charge in [0.2, 0.25) is 0 Å². The maximum absolute atomic E-state index is 5.99. The summed E-state index contributed by atoms with van der Waals surface area (Å²) >= 11 is 0. The third-order valence-corrected chi connectivity index (χ3v) is 3.25. The molecule has 3 rings (SSSR count). The predicted octanol–water partition coefficient (Wildman–Crippen LogP) is 3.13. The molecule has 0 aliphatic carbocycles. The van der Waals surface area contributed by atoms with Gasteiger partial charge in [0.1, 0.15) is 23.2 Å². The Kier molecular flexibility index (Phi) is 2.37. The molecule has 2 heterocycles. The van der Waals surface area contributed by atoms with Crippen molar-refractivity contribution in [2.75, 3.05) is 5.73 Å². The Morgan fingerprint density at radius 2 is 2.11 bits per heavy atom. The number of nitrogen functional groups attached to an aromatic ring is 1. The largest absolute Gasteiger partial charge is 0.459 e. The van der Waals surface area contributed by atoms with Crippen molar-refractivity contribution in [3.05, 3.63) is 47.9 Å². The van der Waals surface area contributed by atoms with Crippen molar-refractivity contribution in [2.24, 2.45) is 0 Å². The zero-order valence-electron chi connectivity index (χ0n) is 10.4. The molecule has 4 nitrogen and oxygen atoms in total. The summed E-state index contributed by atoms with van der Waals surface area (Å²) in [5.74, 6) is 1.55. The van der Waals surface area contributed by atoms with Crippen LogP contribution >= 0.6 is 0 Å². The lowest BCUT2D eigenvalue weighted by molar-refractivity contribution is 0.448. The van der Waals surface area contributed by atoms with Gasteiger partial charge in [-0.05, 0) is 26.0 Å². The van der Waals surface area contributed by atoms with E-state index >= 15 is 0 Å². The fourth-order valence-corrected chi connectivity index (χ4v) is 2.10. The number of benzene rings is 1. The summed E-state index contributed by atoms with van der Waals surface area (Å²) in [5, 5.41) is 5.39. The van der Waals surface area contributed by atoms with Crippen molar-refractivity contribution in [1.29, 1.82) is 0 Å². The monoisotopic (exact) mass is 241 g/mol. The maximum atomic E-state index is 5.99. The van der Waals surface area contributed by atoms with Gasteiger partial charge in [-0.2, -0.15) is 5.10 Å². The minimum absolute atomic E-state index is 0.00824. The standard InChI is InChI=1S/C14H15N3O/c1-9-8-16-17(14(9)15)10(2)13-7-11-5-3-4-6-12(11)18-13/h3-8,10H,15H2,1-2H3. The first-order valence-electron chi connectivity index (χ1n) is 5.95. The molecule has 2 N–H and O–H groups in total. The minimum atomic E-state index is -0.00824. The predicted molar refractivity (Wildman–Crippen MR) is 71.4 cm³/mol. The van der Waals surface area contributed by atoms with E-state index < -0.39 is 0 Å². The van der Waals surface area contributed by atoms with Gasteiger partial charge in [0.15, 0.2) is 0 Å². The lowest BCUT2D eigenvalue weighted by atomic mass is 10.2. The van der Waals surface area contributed by atoms with Crippen LogP contribution in [0.15, 0.2) is 40.9 Å². The van der Waals surface area contributed by atoms with Gasteiger partial charge in [-0.25, -0.2) is 4.68 Å². The molecule has 0 saturated carbocycles. The quantitative estimate of drug-likeness (QED) is 0.749. The normalized spacial score (nSPS) is 13.0. The number of hydrogen-bond acceptors (Lipinski definition) is 3. The van der Waals surface area contributed by atoms with Crippen LogP contribution in [0.3, 0.4) is 0 Å². The number of hydrogen-bond donors (Lipinski definition) is 1. The van der Waals surface area contributed by atoms with Crippen LogP contribution in [0.1, 0.15) is 24.3 Å². The minimum Gasteiger partial charge on any atom is -0.459 e. The maximum Gasteiger partial charge on any atom is 0.134 e. The molecular formula is C14H15N3O. The van der Waals surface area contributed by atoms with E-state index in [1.165, 1.54) is 0 Å². The van der Waals surface area contributed by atoms with Gasteiger partial charge in [0.05, 0.1) is 6.20 Å². The second-order valence-electron chi connectivity index (χ2n) is 4.52. The fourth-order valence-electron chi connectivity index (χ4n) is 2.10. The number of para-hydroxylation sites is 1. The van der Waals surface area contributed by atoms with Gasteiger partial charge in [-0.3, -0.25) is 0 Å². The van der Waals surface area contributed by atoms with Crippen molar-refractivity contribution in [3.63, 3.8) is 0 Å². The van der Waals surface area contributed by atoms with Crippen LogP contribution in [0.25, 0.3) is 11.0 Å².